The van der Waals surface area contributed by atoms with Crippen LogP contribution >= 0.6 is 0 Å². The van der Waals surface area contributed by atoms with Crippen molar-refractivity contribution >= 4 is 27.8 Å². The zero-order chi connectivity index (χ0) is 15.6. The third kappa shape index (κ3) is 2.55. The van der Waals surface area contributed by atoms with Crippen molar-refractivity contribution in [3.8, 4) is 0 Å². The molecule has 114 valence electrons. The van der Waals surface area contributed by atoms with Gasteiger partial charge in [0.05, 0.1) is 6.20 Å². The van der Waals surface area contributed by atoms with Crippen LogP contribution in [0.4, 0.5) is 0 Å². The molecule has 0 aliphatic rings. The molecule has 0 spiro atoms. The van der Waals surface area contributed by atoms with Gasteiger partial charge >= 0.3 is 0 Å². The Morgan fingerprint density at radius 3 is 3.04 bits per heavy atom. The molecule has 0 aliphatic heterocycles. The van der Waals surface area contributed by atoms with E-state index in [4.69, 9.17) is 0 Å². The lowest BCUT2D eigenvalue weighted by Crippen LogP contribution is -2.26. The number of H-pyrrole nitrogens is 2. The first-order chi connectivity index (χ1) is 11.3. The number of benzene rings is 1. The fourth-order valence-electron chi connectivity index (χ4n) is 2.69. The van der Waals surface area contributed by atoms with Crippen LogP contribution in [0.15, 0.2) is 48.8 Å². The maximum Gasteiger partial charge on any atom is 0.269 e. The van der Waals surface area contributed by atoms with Crippen molar-refractivity contribution in [3.05, 3.63) is 60.0 Å². The van der Waals surface area contributed by atoms with Gasteiger partial charge in [0.1, 0.15) is 5.69 Å². The van der Waals surface area contributed by atoms with E-state index in [-0.39, 0.29) is 5.91 Å². The molecule has 0 radical (unpaired) electrons. The predicted molar refractivity (Wildman–Crippen MR) is 88.2 cm³/mol. The maximum absolute atomic E-state index is 12.2. The molecule has 23 heavy (non-hydrogen) atoms. The minimum Gasteiger partial charge on any atom is -0.361 e. The standard InChI is InChI=1S/C17H15N5O/c23-17(15-6-5-12-10-20-22-16(12)21-15)18-8-7-11-9-19-14-4-2-1-3-13(11)14/h1-6,9-10,19H,7-8H2,(H,18,23)(H,20,21,22). The summed E-state index contributed by atoms with van der Waals surface area (Å²) in [4.78, 5) is 19.7. The summed E-state index contributed by atoms with van der Waals surface area (Å²) in [6.45, 7) is 0.559. The minimum absolute atomic E-state index is 0.179. The molecule has 6 nitrogen and oxygen atoms in total. The van der Waals surface area contributed by atoms with Crippen molar-refractivity contribution in [3.63, 3.8) is 0 Å². The topological polar surface area (TPSA) is 86.5 Å². The number of carbonyl (C=O) groups excluding carboxylic acids is 1. The molecule has 4 aromatic rings. The quantitative estimate of drug-likeness (QED) is 0.541. The number of rotatable bonds is 4. The Morgan fingerprint density at radius 2 is 2.09 bits per heavy atom. The van der Waals surface area contributed by atoms with Gasteiger partial charge in [0.25, 0.3) is 5.91 Å². The molecule has 1 amide bonds. The number of aromatic nitrogens is 4. The number of nitrogens with one attached hydrogen (secondary N) is 3. The number of para-hydroxylation sites is 1. The Hall–Kier alpha value is -3.15. The molecule has 4 rings (SSSR count). The van der Waals surface area contributed by atoms with Gasteiger partial charge in [0.2, 0.25) is 0 Å². The van der Waals surface area contributed by atoms with E-state index in [2.05, 4.69) is 31.5 Å². The SMILES string of the molecule is O=C(NCCc1c[nH]c2ccccc12)c1ccc2cn[nH]c2n1. The Balaban J connectivity index is 1.43. The Morgan fingerprint density at radius 1 is 1.17 bits per heavy atom. The molecule has 0 saturated heterocycles. The molecule has 0 bridgehead atoms. The monoisotopic (exact) mass is 305 g/mol. The van der Waals surface area contributed by atoms with Crippen LogP contribution in [0.3, 0.4) is 0 Å². The summed E-state index contributed by atoms with van der Waals surface area (Å²) >= 11 is 0. The van der Waals surface area contributed by atoms with Gasteiger partial charge in [0, 0.05) is 29.0 Å². The van der Waals surface area contributed by atoms with Crippen LogP contribution in [0.5, 0.6) is 0 Å². The third-order valence-electron chi connectivity index (χ3n) is 3.89. The van der Waals surface area contributed by atoms with E-state index in [0.717, 1.165) is 17.3 Å². The van der Waals surface area contributed by atoms with Gasteiger partial charge in [-0.15, -0.1) is 0 Å². The fourth-order valence-corrected chi connectivity index (χ4v) is 2.69. The highest BCUT2D eigenvalue weighted by Crippen LogP contribution is 2.17. The summed E-state index contributed by atoms with van der Waals surface area (Å²) in [6.07, 6.45) is 4.44. The molecule has 0 unspecified atom stereocenters. The first kappa shape index (κ1) is 13.5. The van der Waals surface area contributed by atoms with Crippen molar-refractivity contribution in [1.29, 1.82) is 0 Å². The van der Waals surface area contributed by atoms with Crippen molar-refractivity contribution in [2.24, 2.45) is 0 Å². The average molecular weight is 305 g/mol. The summed E-state index contributed by atoms with van der Waals surface area (Å²) in [6, 6.07) is 11.7. The van der Waals surface area contributed by atoms with E-state index in [1.165, 1.54) is 10.9 Å². The van der Waals surface area contributed by atoms with Crippen molar-refractivity contribution in [1.82, 2.24) is 25.5 Å². The zero-order valence-electron chi connectivity index (χ0n) is 12.3. The number of fused-ring (bicyclic) bond motifs is 2. The number of nitrogens with zero attached hydrogens (tertiary/aromatic N) is 2. The number of hydrogen-bond acceptors (Lipinski definition) is 3. The Labute approximate surface area is 131 Å². The number of carbonyl (C=O) groups is 1. The highest BCUT2D eigenvalue weighted by atomic mass is 16.1. The third-order valence-corrected chi connectivity index (χ3v) is 3.89. The molecule has 0 fully saturated rings. The number of amides is 1. The van der Waals surface area contributed by atoms with Crippen molar-refractivity contribution < 1.29 is 4.79 Å². The van der Waals surface area contributed by atoms with Gasteiger partial charge < -0.3 is 10.3 Å². The molecule has 3 heterocycles. The predicted octanol–water partition coefficient (Wildman–Crippen LogP) is 2.41. The molecule has 0 aliphatic carbocycles. The normalized spacial score (nSPS) is 11.1. The van der Waals surface area contributed by atoms with E-state index >= 15 is 0 Å². The zero-order valence-corrected chi connectivity index (χ0v) is 12.3. The molecular formula is C17H15N5O. The molecule has 3 aromatic heterocycles. The van der Waals surface area contributed by atoms with Crippen LogP contribution in [0, 0.1) is 0 Å². The van der Waals surface area contributed by atoms with E-state index in [9.17, 15) is 4.79 Å². The summed E-state index contributed by atoms with van der Waals surface area (Å²) < 4.78 is 0. The summed E-state index contributed by atoms with van der Waals surface area (Å²) in [5.41, 5.74) is 3.31. The Bertz CT molecular complexity index is 985. The van der Waals surface area contributed by atoms with E-state index < -0.39 is 0 Å². The summed E-state index contributed by atoms with van der Waals surface area (Å²) in [7, 11) is 0. The maximum atomic E-state index is 12.2. The van der Waals surface area contributed by atoms with Gasteiger partial charge in [-0.25, -0.2) is 4.98 Å². The van der Waals surface area contributed by atoms with Crippen LogP contribution in [-0.4, -0.2) is 32.6 Å². The van der Waals surface area contributed by atoms with Crippen LogP contribution < -0.4 is 5.32 Å². The number of hydrogen-bond donors (Lipinski definition) is 3. The van der Waals surface area contributed by atoms with Gasteiger partial charge in [0.15, 0.2) is 5.65 Å². The lowest BCUT2D eigenvalue weighted by molar-refractivity contribution is 0.0949. The number of pyridine rings is 1. The molecule has 3 N–H and O–H groups in total. The van der Waals surface area contributed by atoms with Gasteiger partial charge in [-0.05, 0) is 30.2 Å². The van der Waals surface area contributed by atoms with Gasteiger partial charge in [-0.2, -0.15) is 5.10 Å². The van der Waals surface area contributed by atoms with Crippen molar-refractivity contribution in [2.45, 2.75) is 6.42 Å². The van der Waals surface area contributed by atoms with E-state index in [0.29, 0.717) is 17.9 Å². The van der Waals surface area contributed by atoms with Crippen LogP contribution in [0.25, 0.3) is 21.9 Å². The first-order valence-corrected chi connectivity index (χ1v) is 7.44. The second-order valence-corrected chi connectivity index (χ2v) is 5.37. The van der Waals surface area contributed by atoms with Crippen LogP contribution in [0.2, 0.25) is 0 Å². The minimum atomic E-state index is -0.179. The molecular weight excluding hydrogens is 290 g/mol. The molecule has 6 heteroatoms. The highest BCUT2D eigenvalue weighted by Gasteiger charge is 2.09. The smallest absolute Gasteiger partial charge is 0.269 e. The molecule has 1 aromatic carbocycles. The van der Waals surface area contributed by atoms with Crippen molar-refractivity contribution in [2.75, 3.05) is 6.54 Å². The largest absolute Gasteiger partial charge is 0.361 e. The van der Waals surface area contributed by atoms with Crippen LogP contribution in [-0.2, 0) is 6.42 Å². The summed E-state index contributed by atoms with van der Waals surface area (Å²) in [5, 5.41) is 11.7. The van der Waals surface area contributed by atoms with Crippen LogP contribution in [0.1, 0.15) is 16.1 Å². The van der Waals surface area contributed by atoms with Gasteiger partial charge in [-0.3, -0.25) is 9.89 Å². The average Bonchev–Trinajstić information content (AvgIpc) is 3.21. The Kier molecular flexibility index (Phi) is 3.27. The van der Waals surface area contributed by atoms with E-state index in [1.54, 1.807) is 12.3 Å². The second-order valence-electron chi connectivity index (χ2n) is 5.37. The van der Waals surface area contributed by atoms with E-state index in [1.807, 2.05) is 30.5 Å². The van der Waals surface area contributed by atoms with Gasteiger partial charge in [-0.1, -0.05) is 18.2 Å². The molecule has 0 saturated carbocycles. The molecule has 0 atom stereocenters. The highest BCUT2D eigenvalue weighted by molar-refractivity contribution is 5.94. The second kappa shape index (κ2) is 5.57. The summed E-state index contributed by atoms with van der Waals surface area (Å²) in [5.74, 6) is -0.179. The first-order valence-electron chi connectivity index (χ1n) is 7.44. The number of aromatic amines is 2. The lowest BCUT2D eigenvalue weighted by atomic mass is 10.1. The lowest BCUT2D eigenvalue weighted by Gasteiger charge is -2.04. The fraction of sp³-hybridized carbons (Fsp3) is 0.118.